The van der Waals surface area contributed by atoms with Crippen LogP contribution in [0.4, 0.5) is 0 Å². The minimum Gasteiger partial charge on any atom is -0.350 e. The maximum atomic E-state index is 12.5. The first kappa shape index (κ1) is 18.1. The Morgan fingerprint density at radius 1 is 1.04 bits per heavy atom. The molecule has 0 spiro atoms. The molecule has 3 aromatic rings. The Balaban J connectivity index is 1.74. The molecule has 26 heavy (non-hydrogen) atoms. The molecule has 4 nitrogen and oxygen atoms in total. The lowest BCUT2D eigenvalue weighted by molar-refractivity contribution is -0.121. The van der Waals surface area contributed by atoms with Crippen LogP contribution >= 0.6 is 11.6 Å². The van der Waals surface area contributed by atoms with Crippen LogP contribution in [0.2, 0.25) is 5.02 Å². The lowest BCUT2D eigenvalue weighted by Gasteiger charge is -2.19. The number of rotatable bonds is 6. The SMILES string of the molecule is Cc1cnc(CNC(=O)C[C@@H](c2ccccc2)c2ccccc2Cl)cn1. The third-order valence-electron chi connectivity index (χ3n) is 4.17. The van der Waals surface area contributed by atoms with Gasteiger partial charge in [0.1, 0.15) is 0 Å². The van der Waals surface area contributed by atoms with Crippen molar-refractivity contribution in [3.05, 3.63) is 94.5 Å². The highest BCUT2D eigenvalue weighted by Crippen LogP contribution is 2.32. The van der Waals surface area contributed by atoms with Gasteiger partial charge in [-0.15, -0.1) is 0 Å². The van der Waals surface area contributed by atoms with Gasteiger partial charge in [0.25, 0.3) is 0 Å². The van der Waals surface area contributed by atoms with E-state index in [9.17, 15) is 4.79 Å². The molecule has 2 aromatic carbocycles. The highest BCUT2D eigenvalue weighted by Gasteiger charge is 2.20. The fraction of sp³-hybridized carbons (Fsp3) is 0.190. The Kier molecular flexibility index (Phi) is 5.97. The zero-order valence-corrected chi connectivity index (χ0v) is 15.3. The molecule has 1 atom stereocenters. The second-order valence-corrected chi connectivity index (χ2v) is 6.52. The van der Waals surface area contributed by atoms with E-state index in [1.165, 1.54) is 0 Å². The molecule has 1 aromatic heterocycles. The van der Waals surface area contributed by atoms with Crippen molar-refractivity contribution in [3.8, 4) is 0 Å². The van der Waals surface area contributed by atoms with Crippen LogP contribution in [0.25, 0.3) is 0 Å². The number of nitrogens with one attached hydrogen (secondary N) is 1. The molecule has 1 N–H and O–H groups in total. The number of hydrogen-bond donors (Lipinski definition) is 1. The number of nitrogens with zero attached hydrogens (tertiary/aromatic N) is 2. The first-order chi connectivity index (χ1) is 12.6. The molecular formula is C21H20ClN3O. The van der Waals surface area contributed by atoms with E-state index in [0.717, 1.165) is 22.5 Å². The van der Waals surface area contributed by atoms with Gasteiger partial charge in [-0.3, -0.25) is 14.8 Å². The maximum Gasteiger partial charge on any atom is 0.221 e. The number of carbonyl (C=O) groups is 1. The van der Waals surface area contributed by atoms with Crippen molar-refractivity contribution in [3.63, 3.8) is 0 Å². The number of halogens is 1. The first-order valence-corrected chi connectivity index (χ1v) is 8.85. The molecule has 1 amide bonds. The summed E-state index contributed by atoms with van der Waals surface area (Å²) >= 11 is 6.39. The molecule has 1 heterocycles. The predicted molar refractivity (Wildman–Crippen MR) is 103 cm³/mol. The summed E-state index contributed by atoms with van der Waals surface area (Å²) < 4.78 is 0. The minimum atomic E-state index is -0.103. The molecule has 0 saturated heterocycles. The van der Waals surface area contributed by atoms with E-state index < -0.39 is 0 Å². The van der Waals surface area contributed by atoms with E-state index >= 15 is 0 Å². The number of hydrogen-bond acceptors (Lipinski definition) is 3. The van der Waals surface area contributed by atoms with E-state index in [1.807, 2.05) is 61.5 Å². The maximum absolute atomic E-state index is 12.5. The molecule has 0 bridgehead atoms. The quantitative estimate of drug-likeness (QED) is 0.709. The van der Waals surface area contributed by atoms with Crippen LogP contribution in [-0.4, -0.2) is 15.9 Å². The Morgan fingerprint density at radius 2 is 1.77 bits per heavy atom. The van der Waals surface area contributed by atoms with Gasteiger partial charge in [-0.2, -0.15) is 0 Å². The van der Waals surface area contributed by atoms with Crippen LogP contribution in [0.1, 0.15) is 34.9 Å². The smallest absolute Gasteiger partial charge is 0.221 e. The lowest BCUT2D eigenvalue weighted by atomic mass is 9.88. The fourth-order valence-corrected chi connectivity index (χ4v) is 3.08. The van der Waals surface area contributed by atoms with Gasteiger partial charge in [-0.1, -0.05) is 60.1 Å². The van der Waals surface area contributed by atoms with E-state index in [-0.39, 0.29) is 11.8 Å². The van der Waals surface area contributed by atoms with Crippen LogP contribution in [-0.2, 0) is 11.3 Å². The Hall–Kier alpha value is -2.72. The van der Waals surface area contributed by atoms with Crippen molar-refractivity contribution in [1.29, 1.82) is 0 Å². The van der Waals surface area contributed by atoms with E-state index in [2.05, 4.69) is 15.3 Å². The van der Waals surface area contributed by atoms with Crippen molar-refractivity contribution in [2.45, 2.75) is 25.8 Å². The topological polar surface area (TPSA) is 54.9 Å². The largest absolute Gasteiger partial charge is 0.350 e. The van der Waals surface area contributed by atoms with Crippen molar-refractivity contribution < 1.29 is 4.79 Å². The number of aryl methyl sites for hydroxylation is 1. The first-order valence-electron chi connectivity index (χ1n) is 8.47. The van der Waals surface area contributed by atoms with Gasteiger partial charge < -0.3 is 5.32 Å². The van der Waals surface area contributed by atoms with Gasteiger partial charge in [0.05, 0.1) is 24.1 Å². The molecule has 0 aliphatic heterocycles. The van der Waals surface area contributed by atoms with Crippen molar-refractivity contribution in [2.75, 3.05) is 0 Å². The summed E-state index contributed by atoms with van der Waals surface area (Å²) in [4.78, 5) is 21.0. The molecule has 3 rings (SSSR count). The summed E-state index contributed by atoms with van der Waals surface area (Å²) in [5.41, 5.74) is 3.59. The number of carbonyl (C=O) groups excluding carboxylic acids is 1. The summed E-state index contributed by atoms with van der Waals surface area (Å²) in [6.45, 7) is 2.24. The van der Waals surface area contributed by atoms with Gasteiger partial charge in [0.15, 0.2) is 0 Å². The monoisotopic (exact) mass is 365 g/mol. The van der Waals surface area contributed by atoms with E-state index in [0.29, 0.717) is 18.0 Å². The summed E-state index contributed by atoms with van der Waals surface area (Å²) in [6, 6.07) is 17.6. The average Bonchev–Trinajstić information content (AvgIpc) is 2.67. The number of aromatic nitrogens is 2. The molecular weight excluding hydrogens is 346 g/mol. The van der Waals surface area contributed by atoms with Crippen LogP contribution in [0.5, 0.6) is 0 Å². The Morgan fingerprint density at radius 3 is 2.46 bits per heavy atom. The summed E-state index contributed by atoms with van der Waals surface area (Å²) in [7, 11) is 0. The molecule has 5 heteroatoms. The van der Waals surface area contributed by atoms with Crippen LogP contribution in [0.15, 0.2) is 67.0 Å². The van der Waals surface area contributed by atoms with Crippen LogP contribution < -0.4 is 5.32 Å². The zero-order valence-electron chi connectivity index (χ0n) is 14.5. The van der Waals surface area contributed by atoms with Gasteiger partial charge >= 0.3 is 0 Å². The van der Waals surface area contributed by atoms with Gasteiger partial charge in [0, 0.05) is 23.6 Å². The second kappa shape index (κ2) is 8.59. The highest BCUT2D eigenvalue weighted by molar-refractivity contribution is 6.31. The molecule has 0 radical (unpaired) electrons. The Bertz CT molecular complexity index is 866. The average molecular weight is 366 g/mol. The third-order valence-corrected chi connectivity index (χ3v) is 4.52. The second-order valence-electron chi connectivity index (χ2n) is 6.11. The molecule has 0 aliphatic rings. The molecule has 0 unspecified atom stereocenters. The fourth-order valence-electron chi connectivity index (χ4n) is 2.81. The number of amides is 1. The third kappa shape index (κ3) is 4.67. The summed E-state index contributed by atoms with van der Waals surface area (Å²) in [5.74, 6) is -0.157. The predicted octanol–water partition coefficient (Wildman–Crippen LogP) is 4.28. The van der Waals surface area contributed by atoms with Crippen LogP contribution in [0.3, 0.4) is 0 Å². The van der Waals surface area contributed by atoms with Gasteiger partial charge in [-0.05, 0) is 24.1 Å². The van der Waals surface area contributed by atoms with Crippen molar-refractivity contribution in [1.82, 2.24) is 15.3 Å². The molecule has 0 saturated carbocycles. The van der Waals surface area contributed by atoms with Crippen LogP contribution in [0, 0.1) is 6.92 Å². The highest BCUT2D eigenvalue weighted by atomic mass is 35.5. The van der Waals surface area contributed by atoms with E-state index in [4.69, 9.17) is 11.6 Å². The van der Waals surface area contributed by atoms with E-state index in [1.54, 1.807) is 12.4 Å². The lowest BCUT2D eigenvalue weighted by Crippen LogP contribution is -2.25. The summed E-state index contributed by atoms with van der Waals surface area (Å²) in [6.07, 6.45) is 3.68. The minimum absolute atomic E-state index is 0.0545. The number of benzene rings is 2. The van der Waals surface area contributed by atoms with Gasteiger partial charge in [-0.25, -0.2) is 0 Å². The normalized spacial score (nSPS) is 11.8. The Labute approximate surface area is 158 Å². The zero-order chi connectivity index (χ0) is 18.4. The molecule has 132 valence electrons. The standard InChI is InChI=1S/C21H20ClN3O/c1-15-12-24-17(13-23-15)14-25-21(26)11-19(16-7-3-2-4-8-16)18-9-5-6-10-20(18)22/h2-10,12-13,19H,11,14H2,1H3,(H,25,26)/t19-/m0/s1. The molecule has 0 fully saturated rings. The summed E-state index contributed by atoms with van der Waals surface area (Å²) in [5, 5.41) is 3.59. The molecule has 0 aliphatic carbocycles. The van der Waals surface area contributed by atoms with Crippen molar-refractivity contribution >= 4 is 17.5 Å². The van der Waals surface area contributed by atoms with Gasteiger partial charge in [0.2, 0.25) is 5.91 Å². The van der Waals surface area contributed by atoms with Crippen molar-refractivity contribution in [2.24, 2.45) is 0 Å².